The number of nitrogens with one attached hydrogen (secondary N) is 2. The Balaban J connectivity index is 1.92. The van der Waals surface area contributed by atoms with Gasteiger partial charge in [0.25, 0.3) is 5.91 Å². The van der Waals surface area contributed by atoms with Gasteiger partial charge >= 0.3 is 5.97 Å². The number of nitrogens with zero attached hydrogens (tertiary/aromatic N) is 1. The van der Waals surface area contributed by atoms with Crippen LogP contribution in [0.15, 0.2) is 29.2 Å². The van der Waals surface area contributed by atoms with Gasteiger partial charge in [0.2, 0.25) is 10.0 Å². The van der Waals surface area contributed by atoms with E-state index in [1.165, 1.54) is 31.2 Å². The molecule has 2 rings (SSSR count). The molecule has 158 valence electrons. The summed E-state index contributed by atoms with van der Waals surface area (Å²) < 4.78 is 31.7. The number of sulfonamides is 1. The van der Waals surface area contributed by atoms with E-state index in [0.29, 0.717) is 5.92 Å². The van der Waals surface area contributed by atoms with E-state index >= 15 is 0 Å². The number of nitriles is 1. The number of carbonyl (C=O) groups excluding carboxylic acids is 2. The number of hydrogen-bond acceptors (Lipinski definition) is 6. The highest BCUT2D eigenvalue weighted by atomic mass is 32.2. The molecule has 8 nitrogen and oxygen atoms in total. The van der Waals surface area contributed by atoms with Crippen molar-refractivity contribution < 1.29 is 22.7 Å². The minimum Gasteiger partial charge on any atom is -0.449 e. The minimum atomic E-state index is -3.75. The average Bonchev–Trinajstić information content (AvgIpc) is 2.69. The fourth-order valence-corrected chi connectivity index (χ4v) is 4.24. The maximum Gasteiger partial charge on any atom is 0.338 e. The number of esters is 1. The minimum absolute atomic E-state index is 0.00879. The van der Waals surface area contributed by atoms with Crippen molar-refractivity contribution in [1.82, 2.24) is 10.0 Å². The normalized spacial score (nSPS) is 20.3. The Morgan fingerprint density at radius 2 is 1.90 bits per heavy atom. The summed E-state index contributed by atoms with van der Waals surface area (Å²) in [6, 6.07) is 7.16. The van der Waals surface area contributed by atoms with Gasteiger partial charge in [-0.3, -0.25) is 4.79 Å². The standard InChI is InChI=1S/C20H27N3O5S/c1-14-6-3-4-7-18(14)23-19(24)15(2)28-20(25)16-8-10-17(11-9-16)29(26,27)22-13-5-12-21/h8-11,14-15,18,22H,3-7,13H2,1-2H3,(H,23,24)/t14-,15+,18-/m0/s1. The third-order valence-electron chi connectivity index (χ3n) is 5.02. The van der Waals surface area contributed by atoms with Crippen molar-refractivity contribution in [3.63, 3.8) is 0 Å². The first-order valence-electron chi connectivity index (χ1n) is 9.72. The molecule has 0 spiro atoms. The SMILES string of the molecule is C[C@@H](OC(=O)c1ccc(S(=O)(=O)NCCC#N)cc1)C(=O)N[C@H]1CCCC[C@@H]1C. The van der Waals surface area contributed by atoms with Crippen molar-refractivity contribution in [3.8, 4) is 6.07 Å². The van der Waals surface area contributed by atoms with E-state index in [1.807, 2.05) is 6.07 Å². The molecule has 1 aliphatic rings. The van der Waals surface area contributed by atoms with E-state index in [9.17, 15) is 18.0 Å². The molecule has 1 fully saturated rings. The van der Waals surface area contributed by atoms with E-state index in [2.05, 4.69) is 17.0 Å². The number of benzene rings is 1. The molecule has 1 saturated carbocycles. The van der Waals surface area contributed by atoms with Crippen LogP contribution in [0.2, 0.25) is 0 Å². The summed E-state index contributed by atoms with van der Waals surface area (Å²) in [6.07, 6.45) is 3.34. The lowest BCUT2D eigenvalue weighted by Crippen LogP contribution is -2.45. The van der Waals surface area contributed by atoms with Gasteiger partial charge in [0.05, 0.1) is 16.5 Å². The Morgan fingerprint density at radius 3 is 2.52 bits per heavy atom. The van der Waals surface area contributed by atoms with Crippen LogP contribution >= 0.6 is 0 Å². The van der Waals surface area contributed by atoms with Crippen LogP contribution in [0, 0.1) is 17.2 Å². The highest BCUT2D eigenvalue weighted by Gasteiger charge is 2.26. The van der Waals surface area contributed by atoms with Gasteiger partial charge in [0, 0.05) is 19.0 Å². The Labute approximate surface area is 171 Å². The lowest BCUT2D eigenvalue weighted by atomic mass is 9.86. The summed E-state index contributed by atoms with van der Waals surface area (Å²) in [6.45, 7) is 3.62. The first-order valence-corrected chi connectivity index (χ1v) is 11.2. The Kier molecular flexibility index (Phi) is 8.17. The van der Waals surface area contributed by atoms with Crippen molar-refractivity contribution in [2.45, 2.75) is 63.0 Å². The van der Waals surface area contributed by atoms with E-state index < -0.39 is 22.1 Å². The monoisotopic (exact) mass is 421 g/mol. The zero-order valence-electron chi connectivity index (χ0n) is 16.7. The molecule has 0 unspecified atom stereocenters. The predicted octanol–water partition coefficient (Wildman–Crippen LogP) is 2.12. The van der Waals surface area contributed by atoms with Gasteiger partial charge in [0.15, 0.2) is 6.10 Å². The van der Waals surface area contributed by atoms with Crippen LogP contribution in [0.4, 0.5) is 0 Å². The second-order valence-corrected chi connectivity index (χ2v) is 9.02. The van der Waals surface area contributed by atoms with Crippen LogP contribution in [-0.2, 0) is 19.6 Å². The lowest BCUT2D eigenvalue weighted by molar-refractivity contribution is -0.130. The summed E-state index contributed by atoms with van der Waals surface area (Å²) in [5.41, 5.74) is 0.145. The van der Waals surface area contributed by atoms with Crippen LogP contribution in [-0.4, -0.2) is 39.0 Å². The topological polar surface area (TPSA) is 125 Å². The van der Waals surface area contributed by atoms with Crippen LogP contribution in [0.5, 0.6) is 0 Å². The van der Waals surface area contributed by atoms with Gasteiger partial charge in [-0.05, 0) is 49.9 Å². The number of amides is 1. The number of hydrogen-bond donors (Lipinski definition) is 2. The second-order valence-electron chi connectivity index (χ2n) is 7.25. The molecule has 1 aromatic carbocycles. The third kappa shape index (κ3) is 6.54. The maximum absolute atomic E-state index is 12.3. The molecule has 3 atom stereocenters. The summed E-state index contributed by atoms with van der Waals surface area (Å²) >= 11 is 0. The van der Waals surface area contributed by atoms with Crippen molar-refractivity contribution in [1.29, 1.82) is 5.26 Å². The molecule has 0 heterocycles. The zero-order chi connectivity index (χ0) is 21.4. The molecule has 1 amide bonds. The molecule has 1 aromatic rings. The Morgan fingerprint density at radius 1 is 1.24 bits per heavy atom. The first kappa shape index (κ1) is 22.8. The molecule has 29 heavy (non-hydrogen) atoms. The van der Waals surface area contributed by atoms with Crippen LogP contribution in [0.3, 0.4) is 0 Å². The van der Waals surface area contributed by atoms with Crippen LogP contribution in [0.25, 0.3) is 0 Å². The highest BCUT2D eigenvalue weighted by Crippen LogP contribution is 2.23. The molecule has 0 radical (unpaired) electrons. The fraction of sp³-hybridized carbons (Fsp3) is 0.550. The van der Waals surface area contributed by atoms with Crippen molar-refractivity contribution in [2.75, 3.05) is 6.54 Å². The van der Waals surface area contributed by atoms with Gasteiger partial charge in [-0.1, -0.05) is 19.8 Å². The van der Waals surface area contributed by atoms with E-state index in [-0.39, 0.29) is 35.4 Å². The predicted molar refractivity (Wildman–Crippen MR) is 106 cm³/mol. The molecule has 0 aliphatic heterocycles. The average molecular weight is 422 g/mol. The molecule has 9 heteroatoms. The molecule has 0 aromatic heterocycles. The van der Waals surface area contributed by atoms with Gasteiger partial charge in [-0.25, -0.2) is 17.9 Å². The fourth-order valence-electron chi connectivity index (χ4n) is 3.21. The molecule has 2 N–H and O–H groups in total. The molecular formula is C20H27N3O5S. The van der Waals surface area contributed by atoms with Crippen molar-refractivity contribution in [2.24, 2.45) is 5.92 Å². The van der Waals surface area contributed by atoms with Gasteiger partial charge < -0.3 is 10.1 Å². The first-order chi connectivity index (χ1) is 13.7. The van der Waals surface area contributed by atoms with Crippen LogP contribution < -0.4 is 10.0 Å². The maximum atomic E-state index is 12.3. The Hall–Kier alpha value is -2.44. The summed E-state index contributed by atoms with van der Waals surface area (Å²) in [7, 11) is -3.75. The second kappa shape index (κ2) is 10.4. The molecular weight excluding hydrogens is 394 g/mol. The van der Waals surface area contributed by atoms with Crippen LogP contribution in [0.1, 0.15) is 56.3 Å². The van der Waals surface area contributed by atoms with Gasteiger partial charge in [-0.15, -0.1) is 0 Å². The quantitative estimate of drug-likeness (QED) is 0.489. The summed E-state index contributed by atoms with van der Waals surface area (Å²) in [5.74, 6) is -0.643. The summed E-state index contributed by atoms with van der Waals surface area (Å²) in [4.78, 5) is 24.6. The molecule has 0 bridgehead atoms. The largest absolute Gasteiger partial charge is 0.449 e. The molecule has 0 saturated heterocycles. The number of rotatable bonds is 8. The van der Waals surface area contributed by atoms with Gasteiger partial charge in [0.1, 0.15) is 0 Å². The van der Waals surface area contributed by atoms with Crippen molar-refractivity contribution >= 4 is 21.9 Å². The van der Waals surface area contributed by atoms with Crippen molar-refractivity contribution in [3.05, 3.63) is 29.8 Å². The summed E-state index contributed by atoms with van der Waals surface area (Å²) in [5, 5.41) is 11.4. The third-order valence-corrected chi connectivity index (χ3v) is 6.50. The van der Waals surface area contributed by atoms with Gasteiger partial charge in [-0.2, -0.15) is 5.26 Å². The number of ether oxygens (including phenoxy) is 1. The van der Waals surface area contributed by atoms with E-state index in [4.69, 9.17) is 10.00 Å². The zero-order valence-corrected chi connectivity index (χ0v) is 17.5. The smallest absolute Gasteiger partial charge is 0.338 e. The highest BCUT2D eigenvalue weighted by molar-refractivity contribution is 7.89. The number of carbonyl (C=O) groups is 2. The van der Waals surface area contributed by atoms with E-state index in [1.54, 1.807) is 0 Å². The Bertz CT molecular complexity index is 861. The molecule has 1 aliphatic carbocycles. The van der Waals surface area contributed by atoms with E-state index in [0.717, 1.165) is 25.7 Å². The lowest BCUT2D eigenvalue weighted by Gasteiger charge is -2.30.